The summed E-state index contributed by atoms with van der Waals surface area (Å²) in [5.41, 5.74) is 6.03. The van der Waals surface area contributed by atoms with Gasteiger partial charge in [0.1, 0.15) is 0 Å². The lowest BCUT2D eigenvalue weighted by atomic mass is 9.74. The summed E-state index contributed by atoms with van der Waals surface area (Å²) in [4.78, 5) is 14.6. The maximum absolute atomic E-state index is 12.6. The van der Waals surface area contributed by atoms with E-state index in [9.17, 15) is 4.79 Å². The maximum Gasteiger partial charge on any atom is 0.227 e. The van der Waals surface area contributed by atoms with Gasteiger partial charge in [0.2, 0.25) is 5.91 Å². The normalized spacial score (nSPS) is 33.5. The van der Waals surface area contributed by atoms with Crippen molar-refractivity contribution in [3.05, 3.63) is 0 Å². The molecule has 2 unspecified atom stereocenters. The van der Waals surface area contributed by atoms with Crippen molar-refractivity contribution in [3.63, 3.8) is 0 Å². The quantitative estimate of drug-likeness (QED) is 0.815. The summed E-state index contributed by atoms with van der Waals surface area (Å²) in [7, 11) is 0. The fraction of sp³-hybridized carbons (Fsp3) is 0.929. The Morgan fingerprint density at radius 2 is 2.06 bits per heavy atom. The summed E-state index contributed by atoms with van der Waals surface area (Å²) in [6, 6.07) is 0. The molecule has 0 aromatic rings. The SMILES string of the molecule is CCN(CC1CC1)C(=O)C1CCCCC1(C)N. The Morgan fingerprint density at radius 3 is 2.59 bits per heavy atom. The highest BCUT2D eigenvalue weighted by Gasteiger charge is 2.40. The molecule has 0 aromatic carbocycles. The van der Waals surface area contributed by atoms with Crippen LogP contribution in [0.1, 0.15) is 52.4 Å². The van der Waals surface area contributed by atoms with Gasteiger partial charge in [-0.15, -0.1) is 0 Å². The first-order valence-corrected chi connectivity index (χ1v) is 7.12. The van der Waals surface area contributed by atoms with Crippen molar-refractivity contribution >= 4 is 5.91 Å². The van der Waals surface area contributed by atoms with Gasteiger partial charge in [0.15, 0.2) is 0 Å². The number of rotatable bonds is 4. The van der Waals surface area contributed by atoms with Crippen LogP contribution in [0.3, 0.4) is 0 Å². The second kappa shape index (κ2) is 4.97. The molecular weight excluding hydrogens is 212 g/mol. The van der Waals surface area contributed by atoms with Crippen molar-refractivity contribution < 1.29 is 4.79 Å². The molecule has 0 heterocycles. The van der Waals surface area contributed by atoms with Gasteiger partial charge in [-0.2, -0.15) is 0 Å². The van der Waals surface area contributed by atoms with Crippen LogP contribution in [0.4, 0.5) is 0 Å². The smallest absolute Gasteiger partial charge is 0.227 e. The lowest BCUT2D eigenvalue weighted by Crippen LogP contribution is -2.54. The molecule has 0 bridgehead atoms. The number of hydrogen-bond donors (Lipinski definition) is 1. The first-order valence-electron chi connectivity index (χ1n) is 7.12. The highest BCUT2D eigenvalue weighted by Crippen LogP contribution is 2.35. The largest absolute Gasteiger partial charge is 0.342 e. The zero-order valence-electron chi connectivity index (χ0n) is 11.2. The standard InChI is InChI=1S/C14H26N2O/c1-3-16(10-11-7-8-11)13(17)12-6-4-5-9-14(12,2)15/h11-12H,3-10,15H2,1-2H3. The van der Waals surface area contributed by atoms with Gasteiger partial charge in [0.25, 0.3) is 0 Å². The van der Waals surface area contributed by atoms with Gasteiger partial charge in [-0.1, -0.05) is 12.8 Å². The van der Waals surface area contributed by atoms with Crippen LogP contribution in [-0.2, 0) is 4.79 Å². The summed E-state index contributed by atoms with van der Waals surface area (Å²) in [6.07, 6.45) is 6.90. The molecule has 0 radical (unpaired) electrons. The average Bonchev–Trinajstić information content (AvgIpc) is 3.08. The third-order valence-corrected chi connectivity index (χ3v) is 4.42. The predicted octanol–water partition coefficient (Wildman–Crippen LogP) is 2.15. The Morgan fingerprint density at radius 1 is 1.35 bits per heavy atom. The fourth-order valence-electron chi connectivity index (χ4n) is 2.97. The number of hydrogen-bond acceptors (Lipinski definition) is 2. The molecule has 3 heteroatoms. The minimum atomic E-state index is -0.285. The average molecular weight is 238 g/mol. The zero-order chi connectivity index (χ0) is 12.5. The Kier molecular flexibility index (Phi) is 3.76. The number of carbonyl (C=O) groups excluding carboxylic acids is 1. The number of carbonyl (C=O) groups is 1. The zero-order valence-corrected chi connectivity index (χ0v) is 11.2. The molecule has 0 saturated heterocycles. The van der Waals surface area contributed by atoms with Crippen LogP contribution in [0.2, 0.25) is 0 Å². The van der Waals surface area contributed by atoms with Gasteiger partial charge >= 0.3 is 0 Å². The Bertz CT molecular complexity index is 284. The van der Waals surface area contributed by atoms with Gasteiger partial charge in [-0.3, -0.25) is 4.79 Å². The molecule has 0 spiro atoms. The maximum atomic E-state index is 12.6. The first kappa shape index (κ1) is 12.9. The van der Waals surface area contributed by atoms with E-state index in [-0.39, 0.29) is 11.5 Å². The second-order valence-electron chi connectivity index (χ2n) is 6.12. The van der Waals surface area contributed by atoms with Gasteiger partial charge in [0.05, 0.1) is 5.92 Å². The van der Waals surface area contributed by atoms with Crippen LogP contribution >= 0.6 is 0 Å². The fourth-order valence-corrected chi connectivity index (χ4v) is 2.97. The molecule has 2 atom stereocenters. The van der Waals surface area contributed by atoms with E-state index in [1.807, 2.05) is 4.90 Å². The minimum absolute atomic E-state index is 0.0509. The Hall–Kier alpha value is -0.570. The molecule has 2 saturated carbocycles. The van der Waals surface area contributed by atoms with Crippen LogP contribution in [0, 0.1) is 11.8 Å². The molecule has 2 rings (SSSR count). The van der Waals surface area contributed by atoms with Crippen molar-refractivity contribution in [2.24, 2.45) is 17.6 Å². The summed E-state index contributed by atoms with van der Waals surface area (Å²) < 4.78 is 0. The second-order valence-corrected chi connectivity index (χ2v) is 6.12. The van der Waals surface area contributed by atoms with E-state index in [0.717, 1.165) is 38.3 Å². The molecule has 17 heavy (non-hydrogen) atoms. The van der Waals surface area contributed by atoms with E-state index < -0.39 is 0 Å². The summed E-state index contributed by atoms with van der Waals surface area (Å²) in [5, 5.41) is 0. The van der Waals surface area contributed by atoms with Crippen molar-refractivity contribution in [2.75, 3.05) is 13.1 Å². The summed E-state index contributed by atoms with van der Waals surface area (Å²) in [5.74, 6) is 1.13. The van der Waals surface area contributed by atoms with E-state index in [0.29, 0.717) is 5.91 Å². The minimum Gasteiger partial charge on any atom is -0.342 e. The van der Waals surface area contributed by atoms with Gasteiger partial charge in [-0.05, 0) is 45.4 Å². The molecule has 3 nitrogen and oxygen atoms in total. The van der Waals surface area contributed by atoms with Crippen molar-refractivity contribution in [3.8, 4) is 0 Å². The molecule has 0 aliphatic heterocycles. The molecule has 2 aliphatic carbocycles. The van der Waals surface area contributed by atoms with Crippen LogP contribution in [0.5, 0.6) is 0 Å². The van der Waals surface area contributed by atoms with Crippen molar-refractivity contribution in [2.45, 2.75) is 57.9 Å². The molecule has 98 valence electrons. The topological polar surface area (TPSA) is 46.3 Å². The van der Waals surface area contributed by atoms with E-state index in [4.69, 9.17) is 5.73 Å². The number of nitrogens with zero attached hydrogens (tertiary/aromatic N) is 1. The Labute approximate surface area is 105 Å². The molecule has 0 aromatic heterocycles. The highest BCUT2D eigenvalue weighted by molar-refractivity contribution is 5.80. The van der Waals surface area contributed by atoms with E-state index >= 15 is 0 Å². The summed E-state index contributed by atoms with van der Waals surface area (Å²) >= 11 is 0. The molecule has 2 fully saturated rings. The number of amides is 1. The third kappa shape index (κ3) is 3.01. The van der Waals surface area contributed by atoms with E-state index in [1.165, 1.54) is 19.3 Å². The highest BCUT2D eigenvalue weighted by atomic mass is 16.2. The van der Waals surface area contributed by atoms with Gasteiger partial charge in [-0.25, -0.2) is 0 Å². The third-order valence-electron chi connectivity index (χ3n) is 4.42. The molecule has 1 amide bonds. The van der Waals surface area contributed by atoms with Crippen molar-refractivity contribution in [1.82, 2.24) is 4.90 Å². The van der Waals surface area contributed by atoms with Crippen molar-refractivity contribution in [1.29, 1.82) is 0 Å². The number of nitrogens with two attached hydrogens (primary N) is 1. The molecule has 2 N–H and O–H groups in total. The van der Waals surface area contributed by atoms with E-state index in [1.54, 1.807) is 0 Å². The lowest BCUT2D eigenvalue weighted by molar-refractivity contribution is -0.139. The molecular formula is C14H26N2O. The van der Waals surface area contributed by atoms with Crippen LogP contribution < -0.4 is 5.73 Å². The molecule has 2 aliphatic rings. The predicted molar refractivity (Wildman–Crippen MR) is 69.5 cm³/mol. The summed E-state index contributed by atoms with van der Waals surface area (Å²) in [6.45, 7) is 5.93. The van der Waals surface area contributed by atoms with Crippen LogP contribution in [0.15, 0.2) is 0 Å². The van der Waals surface area contributed by atoms with Gasteiger partial charge in [0, 0.05) is 18.6 Å². The monoisotopic (exact) mass is 238 g/mol. The van der Waals surface area contributed by atoms with E-state index in [2.05, 4.69) is 13.8 Å². The first-order chi connectivity index (χ1) is 8.04. The van der Waals surface area contributed by atoms with Gasteiger partial charge < -0.3 is 10.6 Å². The lowest BCUT2D eigenvalue weighted by Gasteiger charge is -2.39. The van der Waals surface area contributed by atoms with Crippen LogP contribution in [-0.4, -0.2) is 29.4 Å². The van der Waals surface area contributed by atoms with Crippen LogP contribution in [0.25, 0.3) is 0 Å². The Balaban J connectivity index is 2.00.